The van der Waals surface area contributed by atoms with E-state index in [2.05, 4.69) is 35.4 Å². The number of nitrogens with zero attached hydrogens (tertiary/aromatic N) is 3. The van der Waals surface area contributed by atoms with Crippen LogP contribution in [-0.4, -0.2) is 49.2 Å². The number of methoxy groups -OCH3 is 1. The summed E-state index contributed by atoms with van der Waals surface area (Å²) in [5, 5.41) is 8.06. The first-order valence-corrected chi connectivity index (χ1v) is 7.74. The number of anilines is 1. The number of nitrogens with one attached hydrogen (secondary N) is 1. The molecule has 0 aromatic carbocycles. The van der Waals surface area contributed by atoms with E-state index in [1.54, 1.807) is 7.11 Å². The molecule has 114 valence electrons. The Labute approximate surface area is 122 Å². The molecule has 0 radical (unpaired) electrons. The molecule has 1 aromatic rings. The van der Waals surface area contributed by atoms with Crippen molar-refractivity contribution in [3.8, 4) is 0 Å². The summed E-state index contributed by atoms with van der Waals surface area (Å²) < 4.78 is 7.05. The molecule has 1 aliphatic rings. The van der Waals surface area contributed by atoms with Gasteiger partial charge in [0.15, 0.2) is 0 Å². The Morgan fingerprint density at radius 2 is 2.35 bits per heavy atom. The first-order chi connectivity index (χ1) is 9.74. The van der Waals surface area contributed by atoms with Crippen LogP contribution in [0.2, 0.25) is 0 Å². The molecular weight excluding hydrogens is 252 g/mol. The number of ether oxygens (including phenoxy) is 1. The Balaban J connectivity index is 1.86. The molecule has 0 bridgehead atoms. The first kappa shape index (κ1) is 15.3. The summed E-state index contributed by atoms with van der Waals surface area (Å²) in [5.74, 6) is 0.678. The molecule has 0 amide bonds. The molecule has 5 heteroatoms. The normalized spacial score (nSPS) is 23.2. The van der Waals surface area contributed by atoms with Crippen molar-refractivity contribution in [2.75, 3.05) is 38.3 Å². The Morgan fingerprint density at radius 1 is 1.50 bits per heavy atom. The van der Waals surface area contributed by atoms with Crippen molar-refractivity contribution >= 4 is 5.69 Å². The predicted molar refractivity (Wildman–Crippen MR) is 82.2 cm³/mol. The number of hydrogen-bond donors (Lipinski definition) is 1. The maximum Gasteiger partial charge on any atom is 0.0752 e. The molecule has 20 heavy (non-hydrogen) atoms. The fourth-order valence-corrected chi connectivity index (χ4v) is 2.84. The minimum absolute atomic E-state index is 0.662. The van der Waals surface area contributed by atoms with Gasteiger partial charge in [0.2, 0.25) is 0 Å². The highest BCUT2D eigenvalue weighted by Gasteiger charge is 2.26. The average Bonchev–Trinajstić information content (AvgIpc) is 2.92. The maximum atomic E-state index is 5.09. The second kappa shape index (κ2) is 7.64. The zero-order valence-corrected chi connectivity index (χ0v) is 13.0. The van der Waals surface area contributed by atoms with Crippen LogP contribution in [0.25, 0.3) is 0 Å². The van der Waals surface area contributed by atoms with Gasteiger partial charge in [0.05, 0.1) is 25.0 Å². The third kappa shape index (κ3) is 3.96. The smallest absolute Gasteiger partial charge is 0.0752 e. The molecule has 0 spiro atoms. The van der Waals surface area contributed by atoms with E-state index in [1.807, 2.05) is 10.9 Å². The summed E-state index contributed by atoms with van der Waals surface area (Å²) >= 11 is 0. The lowest BCUT2D eigenvalue weighted by Crippen LogP contribution is -2.48. The van der Waals surface area contributed by atoms with E-state index in [1.165, 1.54) is 18.5 Å². The van der Waals surface area contributed by atoms with Crippen molar-refractivity contribution in [2.24, 2.45) is 5.92 Å². The summed E-state index contributed by atoms with van der Waals surface area (Å²) in [4.78, 5) is 2.45. The lowest BCUT2D eigenvalue weighted by Gasteiger charge is -2.38. The monoisotopic (exact) mass is 280 g/mol. The lowest BCUT2D eigenvalue weighted by molar-refractivity contribution is 0.183. The second-order valence-corrected chi connectivity index (χ2v) is 5.73. The van der Waals surface area contributed by atoms with Crippen LogP contribution >= 0.6 is 0 Å². The molecule has 2 unspecified atom stereocenters. The van der Waals surface area contributed by atoms with E-state index in [0.29, 0.717) is 18.6 Å². The number of rotatable bonds is 7. The molecule has 1 saturated heterocycles. The van der Waals surface area contributed by atoms with E-state index < -0.39 is 0 Å². The van der Waals surface area contributed by atoms with Gasteiger partial charge in [-0.1, -0.05) is 13.8 Å². The zero-order valence-electron chi connectivity index (χ0n) is 13.0. The van der Waals surface area contributed by atoms with E-state index >= 15 is 0 Å². The minimum Gasteiger partial charge on any atom is -0.383 e. The van der Waals surface area contributed by atoms with Crippen LogP contribution in [0.15, 0.2) is 12.4 Å². The van der Waals surface area contributed by atoms with Crippen LogP contribution in [0.5, 0.6) is 0 Å². The Bertz CT molecular complexity index is 393. The van der Waals surface area contributed by atoms with Crippen LogP contribution in [0, 0.1) is 5.92 Å². The van der Waals surface area contributed by atoms with E-state index in [9.17, 15) is 0 Å². The van der Waals surface area contributed by atoms with Crippen molar-refractivity contribution in [1.29, 1.82) is 0 Å². The fraction of sp³-hybridized carbons (Fsp3) is 0.800. The standard InChI is InChI=1S/C15H28N4O/c1-4-6-16-15-5-7-18(11-13(15)2)14-10-17-19(12-14)8-9-20-3/h10,12-13,15-16H,4-9,11H2,1-3H3. The Kier molecular flexibility index (Phi) is 5.86. The van der Waals surface area contributed by atoms with Gasteiger partial charge in [0, 0.05) is 32.4 Å². The highest BCUT2D eigenvalue weighted by Crippen LogP contribution is 2.22. The van der Waals surface area contributed by atoms with Gasteiger partial charge in [-0.25, -0.2) is 0 Å². The zero-order chi connectivity index (χ0) is 14.4. The van der Waals surface area contributed by atoms with Crippen LogP contribution in [-0.2, 0) is 11.3 Å². The first-order valence-electron chi connectivity index (χ1n) is 7.74. The van der Waals surface area contributed by atoms with Gasteiger partial charge in [0.1, 0.15) is 0 Å². The van der Waals surface area contributed by atoms with Crippen molar-refractivity contribution < 1.29 is 4.74 Å². The highest BCUT2D eigenvalue weighted by atomic mass is 16.5. The number of aromatic nitrogens is 2. The summed E-state index contributed by atoms with van der Waals surface area (Å²) in [6.45, 7) is 9.44. The van der Waals surface area contributed by atoms with Crippen molar-refractivity contribution in [3.05, 3.63) is 12.4 Å². The van der Waals surface area contributed by atoms with E-state index in [-0.39, 0.29) is 0 Å². The largest absolute Gasteiger partial charge is 0.383 e. The van der Waals surface area contributed by atoms with Crippen molar-refractivity contribution in [3.63, 3.8) is 0 Å². The molecule has 1 aliphatic heterocycles. The van der Waals surface area contributed by atoms with Crippen LogP contribution in [0.3, 0.4) is 0 Å². The van der Waals surface area contributed by atoms with Crippen LogP contribution in [0.1, 0.15) is 26.7 Å². The molecule has 1 fully saturated rings. The second-order valence-electron chi connectivity index (χ2n) is 5.73. The third-order valence-electron chi connectivity index (χ3n) is 4.07. The molecule has 1 aromatic heterocycles. The van der Waals surface area contributed by atoms with Gasteiger partial charge < -0.3 is 15.0 Å². The molecule has 0 saturated carbocycles. The van der Waals surface area contributed by atoms with E-state index in [0.717, 1.165) is 26.2 Å². The summed E-state index contributed by atoms with van der Waals surface area (Å²) in [6, 6.07) is 0.662. The van der Waals surface area contributed by atoms with Gasteiger partial charge in [0.25, 0.3) is 0 Å². The van der Waals surface area contributed by atoms with Crippen molar-refractivity contribution in [2.45, 2.75) is 39.3 Å². The summed E-state index contributed by atoms with van der Waals surface area (Å²) in [6.07, 6.45) is 6.53. The molecule has 1 N–H and O–H groups in total. The molecule has 2 atom stereocenters. The summed E-state index contributed by atoms with van der Waals surface area (Å²) in [5.41, 5.74) is 1.24. The molecular formula is C15H28N4O. The Morgan fingerprint density at radius 3 is 3.05 bits per heavy atom. The molecule has 5 nitrogen and oxygen atoms in total. The number of piperidine rings is 1. The predicted octanol–water partition coefficient (Wildman–Crippen LogP) is 1.74. The minimum atomic E-state index is 0.662. The van der Waals surface area contributed by atoms with Gasteiger partial charge in [-0.05, 0) is 25.3 Å². The SMILES string of the molecule is CCCNC1CCN(c2cnn(CCOC)c2)CC1C. The van der Waals surface area contributed by atoms with Gasteiger partial charge >= 0.3 is 0 Å². The van der Waals surface area contributed by atoms with Gasteiger partial charge in [-0.2, -0.15) is 5.10 Å². The molecule has 2 heterocycles. The summed E-state index contributed by atoms with van der Waals surface area (Å²) in [7, 11) is 1.72. The highest BCUT2D eigenvalue weighted by molar-refractivity contribution is 5.43. The quantitative estimate of drug-likeness (QED) is 0.826. The van der Waals surface area contributed by atoms with Gasteiger partial charge in [-0.3, -0.25) is 4.68 Å². The third-order valence-corrected chi connectivity index (χ3v) is 4.07. The fourth-order valence-electron chi connectivity index (χ4n) is 2.84. The lowest BCUT2D eigenvalue weighted by atomic mass is 9.93. The molecule has 2 rings (SSSR count). The van der Waals surface area contributed by atoms with Crippen LogP contribution < -0.4 is 10.2 Å². The van der Waals surface area contributed by atoms with Crippen molar-refractivity contribution in [1.82, 2.24) is 15.1 Å². The molecule has 0 aliphatic carbocycles. The van der Waals surface area contributed by atoms with Gasteiger partial charge in [-0.15, -0.1) is 0 Å². The topological polar surface area (TPSA) is 42.3 Å². The average molecular weight is 280 g/mol. The van der Waals surface area contributed by atoms with E-state index in [4.69, 9.17) is 4.74 Å². The Hall–Kier alpha value is -1.07. The van der Waals surface area contributed by atoms with Crippen LogP contribution in [0.4, 0.5) is 5.69 Å². The maximum absolute atomic E-state index is 5.09. The number of hydrogen-bond acceptors (Lipinski definition) is 4.